The number of aryl methyl sites for hydroxylation is 2. The van der Waals surface area contributed by atoms with Crippen LogP contribution in [0.5, 0.6) is 5.75 Å². The van der Waals surface area contributed by atoms with Crippen molar-refractivity contribution in [2.24, 2.45) is 0 Å². The summed E-state index contributed by atoms with van der Waals surface area (Å²) in [6.45, 7) is 7.88. The van der Waals surface area contributed by atoms with Crippen molar-refractivity contribution in [3.63, 3.8) is 0 Å². The number of hydrogen-bond donors (Lipinski definition) is 0. The van der Waals surface area contributed by atoms with E-state index in [-0.39, 0.29) is 0 Å². The third-order valence-corrected chi connectivity index (χ3v) is 4.73. The van der Waals surface area contributed by atoms with Crippen molar-refractivity contribution in [1.29, 1.82) is 0 Å². The molecule has 0 aromatic heterocycles. The molecule has 4 heteroatoms. The lowest BCUT2D eigenvalue weighted by Crippen LogP contribution is -2.07. The molecule has 22 heavy (non-hydrogen) atoms. The molecule has 114 valence electrons. The molecule has 0 saturated heterocycles. The summed E-state index contributed by atoms with van der Waals surface area (Å²) >= 11 is 0. The van der Waals surface area contributed by atoms with E-state index in [1.807, 2.05) is 32.9 Å². The van der Waals surface area contributed by atoms with E-state index in [2.05, 4.69) is 6.92 Å². The van der Waals surface area contributed by atoms with E-state index in [1.165, 1.54) is 0 Å². The van der Waals surface area contributed by atoms with Gasteiger partial charge in [0.25, 0.3) is 0 Å². The molecular weight excluding hydrogens is 295 g/mol. The molecule has 0 fully saturated rings. The summed E-state index contributed by atoms with van der Waals surface area (Å²) in [5.74, 6) is 0.440. The first-order valence-electron chi connectivity index (χ1n) is 7.30. The fourth-order valence-electron chi connectivity index (χ4n) is 2.81. The van der Waals surface area contributed by atoms with Gasteiger partial charge in [-0.2, -0.15) is 0 Å². The van der Waals surface area contributed by atoms with Gasteiger partial charge in [-0.25, -0.2) is 9.32 Å². The minimum atomic E-state index is -2.44. The predicted molar refractivity (Wildman–Crippen MR) is 89.0 cm³/mol. The van der Waals surface area contributed by atoms with E-state index in [0.717, 1.165) is 28.7 Å². The highest BCUT2D eigenvalue weighted by Crippen LogP contribution is 2.34. The highest BCUT2D eigenvalue weighted by Gasteiger charge is 2.37. The van der Waals surface area contributed by atoms with Crippen LogP contribution in [0.25, 0.3) is 0 Å². The zero-order chi connectivity index (χ0) is 16.3. The van der Waals surface area contributed by atoms with Gasteiger partial charge in [0.2, 0.25) is 0 Å². The summed E-state index contributed by atoms with van der Waals surface area (Å²) in [7, 11) is -2.44. The maximum atomic E-state index is 12.6. The average molecular weight is 315 g/mol. The second-order valence-corrected chi connectivity index (χ2v) is 6.41. The van der Waals surface area contributed by atoms with E-state index < -0.39 is 13.6 Å². The molecule has 1 atom stereocenters. The van der Waals surface area contributed by atoms with E-state index in [9.17, 15) is 9.36 Å². The monoisotopic (exact) mass is 315 g/mol. The number of rotatable bonds is 5. The maximum Gasteiger partial charge on any atom is 0.641 e. The Morgan fingerprint density at radius 3 is 2.32 bits per heavy atom. The molecule has 2 aromatic carbocycles. The molecule has 0 heterocycles. The van der Waals surface area contributed by atoms with Gasteiger partial charge >= 0.3 is 13.6 Å². The van der Waals surface area contributed by atoms with Crippen molar-refractivity contribution in [3.05, 3.63) is 64.2 Å². The number of carbonyl (C=O) groups excluding carboxylic acids is 1. The van der Waals surface area contributed by atoms with E-state index >= 15 is 0 Å². The molecule has 0 aliphatic rings. The summed E-state index contributed by atoms with van der Waals surface area (Å²) < 4.78 is 17.6. The van der Waals surface area contributed by atoms with Crippen LogP contribution in [-0.4, -0.2) is 5.52 Å². The van der Waals surface area contributed by atoms with Gasteiger partial charge in [-0.1, -0.05) is 31.2 Å². The molecule has 0 radical (unpaired) electrons. The lowest BCUT2D eigenvalue weighted by atomic mass is 9.93. The summed E-state index contributed by atoms with van der Waals surface area (Å²) in [5.41, 5.74) is 4.13. The Labute approximate surface area is 132 Å². The fraction of sp³-hybridized carbons (Fsp3) is 0.278. The summed E-state index contributed by atoms with van der Waals surface area (Å²) in [6, 6.07) is 10.7. The van der Waals surface area contributed by atoms with Crippen LogP contribution in [0.4, 0.5) is 0 Å². The van der Waals surface area contributed by atoms with Gasteiger partial charge in [0, 0.05) is 0 Å². The van der Waals surface area contributed by atoms with Gasteiger partial charge < -0.3 is 0 Å². The third kappa shape index (κ3) is 3.26. The number of para-hydroxylation sites is 1. The van der Waals surface area contributed by atoms with Gasteiger partial charge in [0.15, 0.2) is 5.75 Å². The number of hydrogen-bond acceptors (Lipinski definition) is 3. The van der Waals surface area contributed by atoms with E-state index in [1.54, 1.807) is 24.3 Å². The first-order valence-corrected chi connectivity index (χ1v) is 8.47. The smallest absolute Gasteiger partial charge is 0.248 e. The summed E-state index contributed by atoms with van der Waals surface area (Å²) in [6.07, 6.45) is 0.842. The highest BCUT2D eigenvalue weighted by atomic mass is 31.1. The fourth-order valence-corrected chi connectivity index (χ4v) is 3.73. The largest absolute Gasteiger partial charge is 0.641 e. The topological polar surface area (TPSA) is 43.4 Å². The van der Waals surface area contributed by atoms with Gasteiger partial charge in [-0.05, 0) is 66.1 Å². The number of benzene rings is 2. The molecule has 2 rings (SSSR count). The standard InChI is InChI=1S/C18H20O3P/c1-5-16-12(2)11-13(3)17(14(16)4)18(19)22(20)21-15-9-7-6-8-10-15/h6-11H,5H2,1-4H3/q+1. The second-order valence-electron chi connectivity index (χ2n) is 5.31. The van der Waals surface area contributed by atoms with Crippen LogP contribution in [-0.2, 0) is 11.0 Å². The van der Waals surface area contributed by atoms with E-state index in [4.69, 9.17) is 4.52 Å². The Morgan fingerprint density at radius 2 is 1.73 bits per heavy atom. The normalized spacial score (nSPS) is 11.2. The van der Waals surface area contributed by atoms with Crippen LogP contribution in [0, 0.1) is 20.8 Å². The predicted octanol–water partition coefficient (Wildman–Crippen LogP) is 5.14. The minimum absolute atomic E-state index is 0.440. The Kier molecular flexibility index (Phi) is 5.10. The van der Waals surface area contributed by atoms with Crippen molar-refractivity contribution in [2.75, 3.05) is 0 Å². The van der Waals surface area contributed by atoms with Crippen LogP contribution in [0.2, 0.25) is 0 Å². The lowest BCUT2D eigenvalue weighted by molar-refractivity contribution is 0.106. The summed E-state index contributed by atoms with van der Waals surface area (Å²) in [4.78, 5) is 12.6. The first kappa shape index (κ1) is 16.4. The van der Waals surface area contributed by atoms with Gasteiger partial charge in [-0.15, -0.1) is 0 Å². The average Bonchev–Trinajstić information content (AvgIpc) is 2.48. The van der Waals surface area contributed by atoms with Gasteiger partial charge in [-0.3, -0.25) is 0 Å². The number of carbonyl (C=O) groups is 1. The molecule has 0 amide bonds. The van der Waals surface area contributed by atoms with Crippen LogP contribution < -0.4 is 4.52 Å². The van der Waals surface area contributed by atoms with Crippen LogP contribution in [0.15, 0.2) is 36.4 Å². The molecule has 0 N–H and O–H groups in total. The Morgan fingerprint density at radius 1 is 1.09 bits per heavy atom. The first-order chi connectivity index (χ1) is 10.5. The molecule has 3 nitrogen and oxygen atoms in total. The molecule has 0 saturated carbocycles. The summed E-state index contributed by atoms with van der Waals surface area (Å²) in [5, 5.41) is 0. The van der Waals surface area contributed by atoms with Gasteiger partial charge in [0.1, 0.15) is 0 Å². The third-order valence-electron chi connectivity index (χ3n) is 3.80. The molecule has 0 aliphatic carbocycles. The van der Waals surface area contributed by atoms with Crippen LogP contribution >= 0.6 is 8.03 Å². The lowest BCUT2D eigenvalue weighted by Gasteiger charge is -2.12. The molecule has 2 aromatic rings. The Hall–Kier alpha value is -1.99. The van der Waals surface area contributed by atoms with Crippen molar-refractivity contribution in [2.45, 2.75) is 34.1 Å². The zero-order valence-corrected chi connectivity index (χ0v) is 14.2. The van der Waals surface area contributed by atoms with Crippen molar-refractivity contribution >= 4 is 13.6 Å². The molecule has 0 spiro atoms. The van der Waals surface area contributed by atoms with Crippen molar-refractivity contribution in [3.8, 4) is 5.75 Å². The molecular formula is C18H20O3P+. The highest BCUT2D eigenvalue weighted by molar-refractivity contribution is 7.60. The van der Waals surface area contributed by atoms with Gasteiger partial charge in [0.05, 0.1) is 5.56 Å². The Balaban J connectivity index is 2.35. The van der Waals surface area contributed by atoms with Crippen molar-refractivity contribution < 1.29 is 13.9 Å². The minimum Gasteiger partial charge on any atom is -0.248 e. The molecule has 0 bridgehead atoms. The second kappa shape index (κ2) is 6.85. The molecule has 1 unspecified atom stereocenters. The van der Waals surface area contributed by atoms with Crippen molar-refractivity contribution in [1.82, 2.24) is 0 Å². The zero-order valence-electron chi connectivity index (χ0n) is 13.3. The van der Waals surface area contributed by atoms with E-state index in [0.29, 0.717) is 11.3 Å². The quantitative estimate of drug-likeness (QED) is 0.718. The Bertz CT molecular complexity index is 721. The molecule has 0 aliphatic heterocycles. The SMILES string of the molecule is CCc1c(C)cc(C)c(C(=O)[P+](=O)Oc2ccccc2)c1C. The van der Waals surface area contributed by atoms with Crippen LogP contribution in [0.3, 0.4) is 0 Å². The van der Waals surface area contributed by atoms with Crippen LogP contribution in [0.1, 0.15) is 39.5 Å². The maximum absolute atomic E-state index is 12.6.